The zero-order valence-corrected chi connectivity index (χ0v) is 11.0. The first kappa shape index (κ1) is 14.9. The van der Waals surface area contributed by atoms with E-state index in [-0.39, 0.29) is 0 Å². The molecule has 0 radical (unpaired) electrons. The minimum absolute atomic E-state index is 0.340. The Morgan fingerprint density at radius 1 is 1.27 bits per heavy atom. The third-order valence-corrected chi connectivity index (χ3v) is 2.51. The summed E-state index contributed by atoms with van der Waals surface area (Å²) in [5.41, 5.74) is 0. The summed E-state index contributed by atoms with van der Waals surface area (Å²) >= 11 is 0. The molecule has 3 nitrogen and oxygen atoms in total. The van der Waals surface area contributed by atoms with Crippen molar-refractivity contribution in [2.45, 2.75) is 46.3 Å². The molecule has 0 saturated heterocycles. The van der Waals surface area contributed by atoms with Crippen LogP contribution in [-0.2, 0) is 4.74 Å². The van der Waals surface area contributed by atoms with Crippen LogP contribution in [0.5, 0.6) is 0 Å². The highest BCUT2D eigenvalue weighted by molar-refractivity contribution is 4.65. The Hall–Kier alpha value is -0.120. The summed E-state index contributed by atoms with van der Waals surface area (Å²) in [5.74, 6) is 0. The number of nitrogens with one attached hydrogen (secondary N) is 1. The highest BCUT2D eigenvalue weighted by atomic mass is 16.5. The molecule has 0 aromatic rings. The second-order valence-electron chi connectivity index (χ2n) is 4.45. The topological polar surface area (TPSA) is 24.5 Å². The van der Waals surface area contributed by atoms with Gasteiger partial charge in [-0.2, -0.15) is 0 Å². The van der Waals surface area contributed by atoms with Gasteiger partial charge in [-0.05, 0) is 40.8 Å². The largest absolute Gasteiger partial charge is 0.377 e. The molecule has 0 saturated carbocycles. The van der Waals surface area contributed by atoms with Crippen LogP contribution in [0.1, 0.15) is 34.1 Å². The Morgan fingerprint density at radius 3 is 2.47 bits per heavy atom. The zero-order valence-electron chi connectivity index (χ0n) is 11.0. The van der Waals surface area contributed by atoms with Gasteiger partial charge in [-0.3, -0.25) is 0 Å². The quantitative estimate of drug-likeness (QED) is 0.594. The van der Waals surface area contributed by atoms with E-state index >= 15 is 0 Å². The molecule has 15 heavy (non-hydrogen) atoms. The molecule has 0 heterocycles. The number of hydrogen-bond donors (Lipinski definition) is 1. The number of likely N-dealkylation sites (N-methyl/N-ethyl adjacent to an activating group) is 1. The lowest BCUT2D eigenvalue weighted by Crippen LogP contribution is -2.39. The lowest BCUT2D eigenvalue weighted by Gasteiger charge is -2.25. The van der Waals surface area contributed by atoms with E-state index < -0.39 is 0 Å². The highest BCUT2D eigenvalue weighted by Crippen LogP contribution is 1.95. The molecular formula is C12H28N2O. The predicted molar refractivity (Wildman–Crippen MR) is 66.3 cm³/mol. The number of ether oxygens (including phenoxy) is 1. The van der Waals surface area contributed by atoms with E-state index in [9.17, 15) is 0 Å². The molecule has 0 amide bonds. The van der Waals surface area contributed by atoms with Crippen molar-refractivity contribution in [1.29, 1.82) is 0 Å². The standard InChI is InChI=1S/C12H28N2O/c1-6-7-13-10-12(4)14(5)8-9-15-11(2)3/h11-13H,6-10H2,1-5H3. The fourth-order valence-corrected chi connectivity index (χ4v) is 1.30. The van der Waals surface area contributed by atoms with Crippen molar-refractivity contribution < 1.29 is 4.74 Å². The third kappa shape index (κ3) is 8.85. The molecule has 1 N–H and O–H groups in total. The van der Waals surface area contributed by atoms with Crippen molar-refractivity contribution in [3.8, 4) is 0 Å². The first-order valence-electron chi connectivity index (χ1n) is 6.10. The monoisotopic (exact) mass is 216 g/mol. The summed E-state index contributed by atoms with van der Waals surface area (Å²) in [5, 5.41) is 3.43. The van der Waals surface area contributed by atoms with Gasteiger partial charge >= 0.3 is 0 Å². The lowest BCUT2D eigenvalue weighted by molar-refractivity contribution is 0.0573. The van der Waals surface area contributed by atoms with Crippen molar-refractivity contribution in [3.63, 3.8) is 0 Å². The van der Waals surface area contributed by atoms with E-state index in [0.717, 1.165) is 26.2 Å². The van der Waals surface area contributed by atoms with Crippen LogP contribution in [0, 0.1) is 0 Å². The van der Waals surface area contributed by atoms with Crippen molar-refractivity contribution >= 4 is 0 Å². The molecule has 92 valence electrons. The molecule has 3 heteroatoms. The van der Waals surface area contributed by atoms with Gasteiger partial charge in [0.2, 0.25) is 0 Å². The van der Waals surface area contributed by atoms with Gasteiger partial charge in [-0.15, -0.1) is 0 Å². The molecule has 0 bridgehead atoms. The maximum atomic E-state index is 5.53. The van der Waals surface area contributed by atoms with Gasteiger partial charge < -0.3 is 15.0 Å². The van der Waals surface area contributed by atoms with Crippen LogP contribution >= 0.6 is 0 Å². The summed E-state index contributed by atoms with van der Waals surface area (Å²) in [6.45, 7) is 12.6. The summed E-state index contributed by atoms with van der Waals surface area (Å²) in [7, 11) is 2.15. The maximum absolute atomic E-state index is 5.53. The summed E-state index contributed by atoms with van der Waals surface area (Å²) in [4.78, 5) is 2.34. The van der Waals surface area contributed by atoms with Crippen LogP contribution in [-0.4, -0.2) is 50.3 Å². The Kier molecular flexibility index (Phi) is 9.06. The summed E-state index contributed by atoms with van der Waals surface area (Å²) < 4.78 is 5.53. The fraction of sp³-hybridized carbons (Fsp3) is 1.00. The third-order valence-electron chi connectivity index (χ3n) is 2.51. The second-order valence-corrected chi connectivity index (χ2v) is 4.45. The summed E-state index contributed by atoms with van der Waals surface area (Å²) in [6.07, 6.45) is 1.54. The predicted octanol–water partition coefficient (Wildman–Crippen LogP) is 1.73. The van der Waals surface area contributed by atoms with E-state index in [1.807, 2.05) is 0 Å². The molecule has 0 aliphatic rings. The first-order chi connectivity index (χ1) is 7.07. The van der Waals surface area contributed by atoms with Crippen LogP contribution in [0.3, 0.4) is 0 Å². The molecule has 0 aromatic carbocycles. The van der Waals surface area contributed by atoms with E-state index in [1.165, 1.54) is 6.42 Å². The van der Waals surface area contributed by atoms with Gasteiger partial charge in [0.1, 0.15) is 0 Å². The highest BCUT2D eigenvalue weighted by Gasteiger charge is 2.08. The number of hydrogen-bond acceptors (Lipinski definition) is 3. The van der Waals surface area contributed by atoms with Crippen LogP contribution in [0.15, 0.2) is 0 Å². The van der Waals surface area contributed by atoms with Gasteiger partial charge in [0.25, 0.3) is 0 Å². The fourth-order valence-electron chi connectivity index (χ4n) is 1.30. The average Bonchev–Trinajstić information content (AvgIpc) is 2.17. The molecule has 1 unspecified atom stereocenters. The summed E-state index contributed by atoms with van der Waals surface area (Å²) in [6, 6.07) is 0.576. The Balaban J connectivity index is 3.46. The molecule has 0 aliphatic heterocycles. The van der Waals surface area contributed by atoms with Gasteiger partial charge in [0.05, 0.1) is 12.7 Å². The lowest BCUT2D eigenvalue weighted by atomic mass is 10.3. The van der Waals surface area contributed by atoms with Gasteiger partial charge in [0.15, 0.2) is 0 Å². The van der Waals surface area contributed by atoms with Crippen LogP contribution in [0.4, 0.5) is 0 Å². The second kappa shape index (κ2) is 9.13. The van der Waals surface area contributed by atoms with Crippen molar-refractivity contribution in [2.75, 3.05) is 33.3 Å². The zero-order chi connectivity index (χ0) is 11.7. The molecule has 0 rings (SSSR count). The molecular weight excluding hydrogens is 188 g/mol. The molecule has 0 fully saturated rings. The first-order valence-corrected chi connectivity index (χ1v) is 6.10. The normalized spacial score (nSPS) is 13.8. The number of rotatable bonds is 9. The van der Waals surface area contributed by atoms with Crippen LogP contribution in [0.25, 0.3) is 0 Å². The van der Waals surface area contributed by atoms with E-state index in [2.05, 4.69) is 45.0 Å². The van der Waals surface area contributed by atoms with Crippen molar-refractivity contribution in [1.82, 2.24) is 10.2 Å². The van der Waals surface area contributed by atoms with Gasteiger partial charge in [-0.25, -0.2) is 0 Å². The Bertz CT molecular complexity index is 140. The molecule has 1 atom stereocenters. The maximum Gasteiger partial charge on any atom is 0.0596 e. The van der Waals surface area contributed by atoms with Gasteiger partial charge in [0, 0.05) is 19.1 Å². The van der Waals surface area contributed by atoms with Crippen LogP contribution in [0.2, 0.25) is 0 Å². The Labute approximate surface area is 95.2 Å². The molecule has 0 aromatic heterocycles. The van der Waals surface area contributed by atoms with Crippen molar-refractivity contribution in [2.24, 2.45) is 0 Å². The van der Waals surface area contributed by atoms with E-state index in [0.29, 0.717) is 12.1 Å². The SMILES string of the molecule is CCCNCC(C)N(C)CCOC(C)C. The average molecular weight is 216 g/mol. The minimum atomic E-state index is 0.340. The van der Waals surface area contributed by atoms with Gasteiger partial charge in [-0.1, -0.05) is 6.92 Å². The number of nitrogens with zero attached hydrogens (tertiary/aromatic N) is 1. The smallest absolute Gasteiger partial charge is 0.0596 e. The van der Waals surface area contributed by atoms with E-state index in [1.54, 1.807) is 0 Å². The van der Waals surface area contributed by atoms with Crippen LogP contribution < -0.4 is 5.32 Å². The van der Waals surface area contributed by atoms with Crippen molar-refractivity contribution in [3.05, 3.63) is 0 Å². The van der Waals surface area contributed by atoms with E-state index in [4.69, 9.17) is 4.74 Å². The molecule has 0 aliphatic carbocycles. The minimum Gasteiger partial charge on any atom is -0.377 e. The molecule has 0 spiro atoms. The Morgan fingerprint density at radius 2 is 1.93 bits per heavy atom.